The second-order valence-electron chi connectivity index (χ2n) is 9.38. The van der Waals surface area contributed by atoms with Crippen LogP contribution in [0.5, 0.6) is 0 Å². The molecule has 180 valence electrons. The highest BCUT2D eigenvalue weighted by molar-refractivity contribution is 7.90. The largest absolute Gasteiger partial charge is 0.439 e. The fraction of sp³-hybridized carbons (Fsp3) is 0.333. The first-order valence-corrected chi connectivity index (χ1v) is 13.3. The van der Waals surface area contributed by atoms with Crippen LogP contribution < -0.4 is 5.73 Å². The third kappa shape index (κ3) is 3.49. The van der Waals surface area contributed by atoms with Gasteiger partial charge in [0, 0.05) is 37.5 Å². The summed E-state index contributed by atoms with van der Waals surface area (Å²) < 4.78 is 33.0. The van der Waals surface area contributed by atoms with Gasteiger partial charge in [-0.2, -0.15) is 0 Å². The third-order valence-corrected chi connectivity index (χ3v) is 8.00. The topological polar surface area (TPSA) is 137 Å². The molecular formula is C24H24N6O4S. The number of hydrogen-bond acceptors (Lipinski definition) is 8. The molecule has 1 unspecified atom stereocenters. The van der Waals surface area contributed by atoms with E-state index in [9.17, 15) is 13.2 Å². The Morgan fingerprint density at radius 3 is 2.63 bits per heavy atom. The summed E-state index contributed by atoms with van der Waals surface area (Å²) in [4.78, 5) is 28.0. The van der Waals surface area contributed by atoms with Gasteiger partial charge in [-0.1, -0.05) is 0 Å². The van der Waals surface area contributed by atoms with Crippen LogP contribution in [0.3, 0.4) is 0 Å². The van der Waals surface area contributed by atoms with Gasteiger partial charge < -0.3 is 15.1 Å². The van der Waals surface area contributed by atoms with Gasteiger partial charge in [-0.05, 0) is 43.4 Å². The minimum atomic E-state index is -3.68. The van der Waals surface area contributed by atoms with Gasteiger partial charge in [-0.3, -0.25) is 9.20 Å². The number of benzene rings is 1. The maximum absolute atomic E-state index is 13.3. The van der Waals surface area contributed by atoms with E-state index in [4.69, 9.17) is 10.2 Å². The van der Waals surface area contributed by atoms with Gasteiger partial charge in [-0.25, -0.2) is 23.4 Å². The molecule has 0 radical (unpaired) electrons. The standard InChI is InChI=1S/C24H24N6O4S/c1-12(14-4-5-14)29-10-16-6-15(7-20(35(3,32)33)21(16)24(29)31)18-8-27-23-22(25)28-17(11-30(18)23)19-9-26-13(2)34-19/h6-9,11-12,14H,4-5,10H2,1-3H3,(H2,25,28). The van der Waals surface area contributed by atoms with Crippen LogP contribution in [-0.4, -0.2) is 50.9 Å². The van der Waals surface area contributed by atoms with Crippen molar-refractivity contribution < 1.29 is 17.6 Å². The lowest BCUT2D eigenvalue weighted by atomic mass is 10.0. The number of nitrogen functional groups attached to an aromatic ring is 1. The quantitative estimate of drug-likeness (QED) is 0.449. The number of nitrogens with two attached hydrogens (primary N) is 1. The van der Waals surface area contributed by atoms with Crippen molar-refractivity contribution in [3.05, 3.63) is 47.7 Å². The maximum atomic E-state index is 13.3. The van der Waals surface area contributed by atoms with Gasteiger partial charge in [-0.15, -0.1) is 0 Å². The molecule has 1 aliphatic carbocycles. The first-order valence-electron chi connectivity index (χ1n) is 11.4. The molecule has 4 heterocycles. The predicted octanol–water partition coefficient (Wildman–Crippen LogP) is 3.10. The first-order chi connectivity index (χ1) is 16.6. The predicted molar refractivity (Wildman–Crippen MR) is 128 cm³/mol. The average Bonchev–Trinajstić information content (AvgIpc) is 3.27. The molecule has 0 spiro atoms. The minimum absolute atomic E-state index is 0.0311. The second kappa shape index (κ2) is 7.38. The Labute approximate surface area is 201 Å². The molecular weight excluding hydrogens is 468 g/mol. The number of aromatic nitrogens is 4. The van der Waals surface area contributed by atoms with E-state index in [1.165, 1.54) is 0 Å². The number of anilines is 1. The number of amides is 1. The smallest absolute Gasteiger partial charge is 0.256 e. The van der Waals surface area contributed by atoms with Crippen molar-refractivity contribution in [2.45, 2.75) is 44.2 Å². The van der Waals surface area contributed by atoms with Gasteiger partial charge in [0.15, 0.2) is 33.0 Å². The van der Waals surface area contributed by atoms with Gasteiger partial charge >= 0.3 is 0 Å². The van der Waals surface area contributed by atoms with Gasteiger partial charge in [0.1, 0.15) is 5.69 Å². The molecule has 10 nitrogen and oxygen atoms in total. The number of hydrogen-bond donors (Lipinski definition) is 1. The zero-order chi connectivity index (χ0) is 24.6. The monoisotopic (exact) mass is 492 g/mol. The van der Waals surface area contributed by atoms with Crippen LogP contribution >= 0.6 is 0 Å². The fourth-order valence-electron chi connectivity index (χ4n) is 4.87. The highest BCUT2D eigenvalue weighted by Crippen LogP contribution is 2.41. The van der Waals surface area contributed by atoms with Crippen molar-refractivity contribution in [1.82, 2.24) is 24.3 Å². The Morgan fingerprint density at radius 1 is 1.20 bits per heavy atom. The number of fused-ring (bicyclic) bond motifs is 2. The molecule has 35 heavy (non-hydrogen) atoms. The molecule has 4 aromatic rings. The van der Waals surface area contributed by atoms with Crippen molar-refractivity contribution in [1.29, 1.82) is 0 Å². The Morgan fingerprint density at radius 2 is 1.97 bits per heavy atom. The maximum Gasteiger partial charge on any atom is 0.256 e. The van der Waals surface area contributed by atoms with Crippen LogP contribution in [0, 0.1) is 12.8 Å². The summed E-state index contributed by atoms with van der Waals surface area (Å²) in [6.45, 7) is 4.15. The number of oxazole rings is 1. The Balaban J connectivity index is 1.52. The van der Waals surface area contributed by atoms with Crippen molar-refractivity contribution in [3.8, 4) is 22.7 Å². The lowest BCUT2D eigenvalue weighted by Gasteiger charge is -2.24. The average molecular weight is 493 g/mol. The van der Waals surface area contributed by atoms with Crippen LogP contribution in [-0.2, 0) is 16.4 Å². The summed E-state index contributed by atoms with van der Waals surface area (Å²) in [6.07, 6.45) is 8.24. The van der Waals surface area contributed by atoms with Crippen molar-refractivity contribution in [2.24, 2.45) is 5.92 Å². The zero-order valence-electron chi connectivity index (χ0n) is 19.5. The van der Waals surface area contributed by atoms with Crippen molar-refractivity contribution >= 4 is 27.2 Å². The van der Waals surface area contributed by atoms with E-state index in [1.54, 1.807) is 40.9 Å². The van der Waals surface area contributed by atoms with E-state index in [2.05, 4.69) is 15.0 Å². The van der Waals surface area contributed by atoms with Gasteiger partial charge in [0.05, 0.1) is 28.5 Å². The number of sulfone groups is 1. The molecule has 1 saturated carbocycles. The highest BCUT2D eigenvalue weighted by atomic mass is 32.2. The molecule has 1 aromatic carbocycles. The van der Waals surface area contributed by atoms with E-state index < -0.39 is 9.84 Å². The Kier molecular flexibility index (Phi) is 4.59. The van der Waals surface area contributed by atoms with Gasteiger partial charge in [0.2, 0.25) is 0 Å². The SMILES string of the molecule is Cc1ncc(-c2cn3c(-c4cc5c(c(S(C)(=O)=O)c4)C(=O)N(C(C)C4CC4)C5)cnc3c(N)n2)o1. The molecule has 1 amide bonds. The minimum Gasteiger partial charge on any atom is -0.439 e. The Hall–Kier alpha value is -3.73. The number of aryl methyl sites for hydroxylation is 1. The molecule has 11 heteroatoms. The molecule has 6 rings (SSSR count). The molecule has 2 N–H and O–H groups in total. The van der Waals surface area contributed by atoms with Crippen LogP contribution in [0.1, 0.15) is 41.6 Å². The van der Waals surface area contributed by atoms with E-state index in [0.717, 1.165) is 19.1 Å². The number of rotatable bonds is 5. The zero-order valence-corrected chi connectivity index (χ0v) is 20.3. The highest BCUT2D eigenvalue weighted by Gasteiger charge is 2.41. The van der Waals surface area contributed by atoms with E-state index in [-0.39, 0.29) is 28.2 Å². The number of carbonyl (C=O) groups is 1. The molecule has 3 aromatic heterocycles. The summed E-state index contributed by atoms with van der Waals surface area (Å²) in [5.41, 5.74) is 9.30. The Bertz CT molecular complexity index is 1630. The molecule has 0 bridgehead atoms. The summed E-state index contributed by atoms with van der Waals surface area (Å²) in [5.74, 6) is 1.41. The molecule has 2 aliphatic rings. The molecule has 0 saturated heterocycles. The summed E-state index contributed by atoms with van der Waals surface area (Å²) in [6, 6.07) is 3.50. The van der Waals surface area contributed by atoms with E-state index >= 15 is 0 Å². The normalized spacial score (nSPS) is 16.8. The molecule has 1 fully saturated rings. The van der Waals surface area contributed by atoms with Crippen LogP contribution in [0.2, 0.25) is 0 Å². The lowest BCUT2D eigenvalue weighted by molar-refractivity contribution is 0.0694. The molecule has 1 atom stereocenters. The van der Waals surface area contributed by atoms with Crippen LogP contribution in [0.25, 0.3) is 28.4 Å². The molecule has 1 aliphatic heterocycles. The second-order valence-corrected chi connectivity index (χ2v) is 11.4. The number of nitrogens with zero attached hydrogens (tertiary/aromatic N) is 5. The fourth-order valence-corrected chi connectivity index (χ4v) is 5.80. The summed E-state index contributed by atoms with van der Waals surface area (Å²) in [5, 5.41) is 0. The van der Waals surface area contributed by atoms with Crippen molar-refractivity contribution in [2.75, 3.05) is 12.0 Å². The van der Waals surface area contributed by atoms with Gasteiger partial charge in [0.25, 0.3) is 5.91 Å². The van der Waals surface area contributed by atoms with Crippen LogP contribution in [0.15, 0.2) is 40.0 Å². The number of carbonyl (C=O) groups excluding carboxylic acids is 1. The van der Waals surface area contributed by atoms with Crippen molar-refractivity contribution in [3.63, 3.8) is 0 Å². The first kappa shape index (κ1) is 21.8. The van der Waals surface area contributed by atoms with Crippen LogP contribution in [0.4, 0.5) is 5.82 Å². The summed E-state index contributed by atoms with van der Waals surface area (Å²) in [7, 11) is -3.68. The lowest BCUT2D eigenvalue weighted by Crippen LogP contribution is -2.35. The summed E-state index contributed by atoms with van der Waals surface area (Å²) >= 11 is 0. The van der Waals surface area contributed by atoms with E-state index in [1.807, 2.05) is 13.0 Å². The van der Waals surface area contributed by atoms with E-state index in [0.29, 0.717) is 52.3 Å². The number of imidazole rings is 1. The third-order valence-electron chi connectivity index (χ3n) is 6.88.